The number of hydrogen-bond acceptors (Lipinski definition) is 3. The second-order valence-electron chi connectivity index (χ2n) is 6.96. The number of likely N-dealkylation sites (tertiary alicyclic amines) is 2. The molecule has 0 spiro atoms. The maximum atomic E-state index is 12.5. The minimum atomic E-state index is 0.236. The Morgan fingerprint density at radius 1 is 1.14 bits per heavy atom. The van der Waals surface area contributed by atoms with Crippen LogP contribution in [-0.2, 0) is 4.79 Å². The van der Waals surface area contributed by atoms with Crippen molar-refractivity contribution in [2.45, 2.75) is 64.8 Å². The molecule has 0 saturated carbocycles. The number of rotatable bonds is 6. The van der Waals surface area contributed by atoms with Gasteiger partial charge in [-0.1, -0.05) is 13.8 Å². The third-order valence-electron chi connectivity index (χ3n) is 5.88. The van der Waals surface area contributed by atoms with Gasteiger partial charge in [0, 0.05) is 38.6 Å². The van der Waals surface area contributed by atoms with E-state index in [0.29, 0.717) is 24.3 Å². The van der Waals surface area contributed by atoms with Gasteiger partial charge < -0.3 is 10.6 Å². The van der Waals surface area contributed by atoms with Crippen molar-refractivity contribution in [2.24, 2.45) is 11.1 Å². The van der Waals surface area contributed by atoms with Crippen LogP contribution in [0.5, 0.6) is 0 Å². The lowest BCUT2D eigenvalue weighted by Gasteiger charge is -2.33. The Balaban J connectivity index is 1.89. The van der Waals surface area contributed by atoms with Crippen LogP contribution in [0.2, 0.25) is 0 Å². The largest absolute Gasteiger partial charge is 0.343 e. The molecule has 2 fully saturated rings. The summed E-state index contributed by atoms with van der Waals surface area (Å²) in [5.41, 5.74) is 6.45. The summed E-state index contributed by atoms with van der Waals surface area (Å²) in [6.07, 6.45) is 7.93. The van der Waals surface area contributed by atoms with E-state index in [-0.39, 0.29) is 6.04 Å². The van der Waals surface area contributed by atoms with Crippen molar-refractivity contribution in [3.63, 3.8) is 0 Å². The Labute approximate surface area is 130 Å². The molecule has 0 aliphatic carbocycles. The topological polar surface area (TPSA) is 49.6 Å². The highest BCUT2D eigenvalue weighted by Crippen LogP contribution is 2.38. The summed E-state index contributed by atoms with van der Waals surface area (Å²) in [5.74, 6) is 0.315. The molecule has 0 radical (unpaired) electrons. The maximum Gasteiger partial charge on any atom is 0.224 e. The maximum absolute atomic E-state index is 12.5. The first-order chi connectivity index (χ1) is 10.1. The van der Waals surface area contributed by atoms with Crippen LogP contribution in [-0.4, -0.2) is 54.5 Å². The number of carbonyl (C=O) groups is 1. The molecule has 2 saturated heterocycles. The zero-order valence-electron chi connectivity index (χ0n) is 13.9. The van der Waals surface area contributed by atoms with E-state index < -0.39 is 0 Å². The molecular weight excluding hydrogens is 262 g/mol. The van der Waals surface area contributed by atoms with E-state index in [2.05, 4.69) is 23.6 Å². The van der Waals surface area contributed by atoms with Gasteiger partial charge in [0.25, 0.3) is 0 Å². The second-order valence-corrected chi connectivity index (χ2v) is 6.96. The van der Waals surface area contributed by atoms with Crippen molar-refractivity contribution in [1.29, 1.82) is 0 Å². The molecule has 2 heterocycles. The summed E-state index contributed by atoms with van der Waals surface area (Å²) < 4.78 is 0. The Morgan fingerprint density at radius 3 is 2.33 bits per heavy atom. The Hall–Kier alpha value is -0.610. The van der Waals surface area contributed by atoms with Gasteiger partial charge in [-0.15, -0.1) is 0 Å². The molecule has 0 bridgehead atoms. The van der Waals surface area contributed by atoms with Crippen molar-refractivity contribution in [3.8, 4) is 0 Å². The van der Waals surface area contributed by atoms with Gasteiger partial charge in [0.2, 0.25) is 5.91 Å². The normalized spacial score (nSPS) is 24.2. The summed E-state index contributed by atoms with van der Waals surface area (Å²) in [4.78, 5) is 17.0. The molecule has 1 atom stereocenters. The van der Waals surface area contributed by atoms with E-state index in [1.54, 1.807) is 0 Å². The van der Waals surface area contributed by atoms with Gasteiger partial charge in [-0.3, -0.25) is 9.69 Å². The van der Waals surface area contributed by atoms with Crippen LogP contribution in [0.3, 0.4) is 0 Å². The highest BCUT2D eigenvalue weighted by atomic mass is 16.2. The Morgan fingerprint density at radius 2 is 1.81 bits per heavy atom. The van der Waals surface area contributed by atoms with Gasteiger partial charge in [-0.2, -0.15) is 0 Å². The van der Waals surface area contributed by atoms with Crippen LogP contribution in [0, 0.1) is 5.41 Å². The van der Waals surface area contributed by atoms with E-state index >= 15 is 0 Å². The first-order valence-electron chi connectivity index (χ1n) is 8.86. The fourth-order valence-electron chi connectivity index (χ4n) is 3.94. The first kappa shape index (κ1) is 16.8. The van der Waals surface area contributed by atoms with E-state index in [4.69, 9.17) is 5.73 Å². The van der Waals surface area contributed by atoms with Crippen LogP contribution in [0.4, 0.5) is 0 Å². The minimum Gasteiger partial charge on any atom is -0.343 e. The van der Waals surface area contributed by atoms with Crippen LogP contribution >= 0.6 is 0 Å². The number of piperidine rings is 1. The quantitative estimate of drug-likeness (QED) is 0.817. The molecule has 1 amide bonds. The average molecular weight is 295 g/mol. The van der Waals surface area contributed by atoms with E-state index in [1.165, 1.54) is 25.7 Å². The Bertz CT molecular complexity index is 335. The number of carbonyl (C=O) groups excluding carboxylic acids is 1. The molecule has 1 unspecified atom stereocenters. The lowest BCUT2D eigenvalue weighted by molar-refractivity contribution is -0.133. The third kappa shape index (κ3) is 3.98. The molecule has 0 aromatic carbocycles. The SMILES string of the molecule is CCC1(CC)CCN(C(CN)CC(=O)N2CCCCC2)C1. The smallest absolute Gasteiger partial charge is 0.224 e. The number of nitrogens with two attached hydrogens (primary N) is 1. The molecule has 2 aliphatic rings. The molecule has 0 aromatic heterocycles. The van der Waals surface area contributed by atoms with Crippen LogP contribution in [0.1, 0.15) is 58.8 Å². The Kier molecular flexibility index (Phi) is 6.06. The monoisotopic (exact) mass is 295 g/mol. The molecule has 2 aliphatic heterocycles. The van der Waals surface area contributed by atoms with Crippen molar-refractivity contribution >= 4 is 5.91 Å². The standard InChI is InChI=1S/C17H33N3O/c1-3-17(4-2)8-11-20(14-17)15(13-18)12-16(21)19-9-6-5-7-10-19/h15H,3-14,18H2,1-2H3. The molecule has 4 heteroatoms. The zero-order chi connectivity index (χ0) is 15.3. The first-order valence-corrected chi connectivity index (χ1v) is 8.86. The van der Waals surface area contributed by atoms with E-state index in [9.17, 15) is 4.79 Å². The van der Waals surface area contributed by atoms with Crippen LogP contribution in [0.25, 0.3) is 0 Å². The van der Waals surface area contributed by atoms with Crippen molar-refractivity contribution in [3.05, 3.63) is 0 Å². The predicted molar refractivity (Wildman–Crippen MR) is 87.1 cm³/mol. The van der Waals surface area contributed by atoms with Crippen molar-refractivity contribution in [2.75, 3.05) is 32.7 Å². The van der Waals surface area contributed by atoms with Gasteiger partial charge >= 0.3 is 0 Å². The second kappa shape index (κ2) is 7.59. The molecule has 2 rings (SSSR count). The lowest BCUT2D eigenvalue weighted by Crippen LogP contribution is -2.45. The minimum absolute atomic E-state index is 0.236. The van der Waals surface area contributed by atoms with Crippen molar-refractivity contribution < 1.29 is 4.79 Å². The molecule has 2 N–H and O–H groups in total. The van der Waals surface area contributed by atoms with Crippen molar-refractivity contribution in [1.82, 2.24) is 9.80 Å². The fourth-order valence-corrected chi connectivity index (χ4v) is 3.94. The molecular formula is C17H33N3O. The van der Waals surface area contributed by atoms with Gasteiger partial charge in [-0.05, 0) is 50.5 Å². The summed E-state index contributed by atoms with van der Waals surface area (Å²) in [5, 5.41) is 0. The lowest BCUT2D eigenvalue weighted by atomic mass is 9.82. The van der Waals surface area contributed by atoms with Gasteiger partial charge in [0.05, 0.1) is 0 Å². The van der Waals surface area contributed by atoms with Gasteiger partial charge in [-0.25, -0.2) is 0 Å². The summed E-state index contributed by atoms with van der Waals surface area (Å²) in [7, 11) is 0. The number of nitrogens with zero attached hydrogens (tertiary/aromatic N) is 2. The highest BCUT2D eigenvalue weighted by Gasteiger charge is 2.38. The van der Waals surface area contributed by atoms with Gasteiger partial charge in [0.1, 0.15) is 0 Å². The molecule has 4 nitrogen and oxygen atoms in total. The highest BCUT2D eigenvalue weighted by molar-refractivity contribution is 5.77. The molecule has 21 heavy (non-hydrogen) atoms. The van der Waals surface area contributed by atoms with Gasteiger partial charge in [0.15, 0.2) is 0 Å². The fraction of sp³-hybridized carbons (Fsp3) is 0.941. The van der Waals surface area contributed by atoms with E-state index in [1.807, 2.05) is 0 Å². The zero-order valence-corrected chi connectivity index (χ0v) is 13.9. The summed E-state index contributed by atoms with van der Waals surface area (Å²) >= 11 is 0. The summed E-state index contributed by atoms with van der Waals surface area (Å²) in [6, 6.07) is 0.236. The third-order valence-corrected chi connectivity index (χ3v) is 5.88. The molecule has 122 valence electrons. The predicted octanol–water partition coefficient (Wildman–Crippen LogP) is 2.23. The number of amides is 1. The average Bonchev–Trinajstić information content (AvgIpc) is 2.98. The van der Waals surface area contributed by atoms with Crippen LogP contribution in [0.15, 0.2) is 0 Å². The summed E-state index contributed by atoms with van der Waals surface area (Å²) in [6.45, 7) is 9.32. The molecule has 0 aromatic rings. The van der Waals surface area contributed by atoms with E-state index in [0.717, 1.165) is 39.0 Å². The number of hydrogen-bond donors (Lipinski definition) is 1. The van der Waals surface area contributed by atoms with Crippen LogP contribution < -0.4 is 5.73 Å².